The lowest BCUT2D eigenvalue weighted by Crippen LogP contribution is -2.21. The number of carbonyl (C=O) groups is 2. The molecule has 0 aromatic heterocycles. The van der Waals surface area contributed by atoms with Crippen molar-refractivity contribution in [2.75, 3.05) is 39.6 Å². The Balaban J connectivity index is 1.42. The SMILES string of the molecule is O=C1COC(COCCOCC2COC(=O)O2)O1. The molecule has 2 aliphatic heterocycles. The summed E-state index contributed by atoms with van der Waals surface area (Å²) in [6.07, 6.45) is -1.64. The average Bonchev–Trinajstić information content (AvgIpc) is 2.93. The maximum absolute atomic E-state index is 10.7. The molecule has 2 atom stereocenters. The second-order valence-corrected chi connectivity index (χ2v) is 3.68. The summed E-state index contributed by atoms with van der Waals surface area (Å²) < 4.78 is 29.5. The van der Waals surface area contributed by atoms with Crippen LogP contribution in [0.5, 0.6) is 0 Å². The molecule has 8 nitrogen and oxygen atoms in total. The molecule has 2 rings (SSSR count). The summed E-state index contributed by atoms with van der Waals surface area (Å²) in [5, 5.41) is 0. The van der Waals surface area contributed by atoms with Gasteiger partial charge >= 0.3 is 12.1 Å². The topological polar surface area (TPSA) is 89.5 Å². The van der Waals surface area contributed by atoms with Crippen LogP contribution in [0.25, 0.3) is 0 Å². The first kappa shape index (κ1) is 13.1. The summed E-state index contributed by atoms with van der Waals surface area (Å²) in [5.41, 5.74) is 0. The highest BCUT2D eigenvalue weighted by atomic mass is 16.8. The highest BCUT2D eigenvalue weighted by Crippen LogP contribution is 2.07. The molecule has 2 unspecified atom stereocenters. The molecule has 2 fully saturated rings. The Hall–Kier alpha value is -1.38. The van der Waals surface area contributed by atoms with E-state index in [0.717, 1.165) is 0 Å². The second-order valence-electron chi connectivity index (χ2n) is 3.68. The van der Waals surface area contributed by atoms with Gasteiger partial charge in [0.05, 0.1) is 19.8 Å². The van der Waals surface area contributed by atoms with Crippen LogP contribution in [0.15, 0.2) is 0 Å². The lowest BCUT2D eigenvalue weighted by molar-refractivity contribution is -0.149. The molecular weight excluding hydrogens is 248 g/mol. The number of ether oxygens (including phenoxy) is 6. The van der Waals surface area contributed by atoms with E-state index in [2.05, 4.69) is 4.74 Å². The fraction of sp³-hybridized carbons (Fsp3) is 0.800. The van der Waals surface area contributed by atoms with Gasteiger partial charge in [-0.1, -0.05) is 0 Å². The highest BCUT2D eigenvalue weighted by Gasteiger charge is 2.25. The van der Waals surface area contributed by atoms with Gasteiger partial charge in [0.1, 0.15) is 19.8 Å². The standard InChI is InChI=1S/C10H14O8/c11-8-5-15-9(18-8)6-14-2-1-13-3-7-4-16-10(12)17-7/h7,9H,1-6H2. The molecule has 0 aliphatic carbocycles. The molecule has 0 amide bonds. The van der Waals surface area contributed by atoms with Crippen LogP contribution < -0.4 is 0 Å². The van der Waals surface area contributed by atoms with Crippen LogP contribution in [-0.4, -0.2) is 64.2 Å². The van der Waals surface area contributed by atoms with Crippen LogP contribution in [0.4, 0.5) is 4.79 Å². The maximum Gasteiger partial charge on any atom is 0.508 e. The Kier molecular flexibility index (Phi) is 4.73. The van der Waals surface area contributed by atoms with Crippen molar-refractivity contribution >= 4 is 12.1 Å². The van der Waals surface area contributed by atoms with Crippen LogP contribution in [0.1, 0.15) is 0 Å². The molecular formula is C10H14O8. The molecule has 2 aliphatic rings. The van der Waals surface area contributed by atoms with Crippen LogP contribution in [-0.2, 0) is 33.2 Å². The molecule has 0 aromatic carbocycles. The predicted molar refractivity (Wildman–Crippen MR) is 53.7 cm³/mol. The third-order valence-corrected chi connectivity index (χ3v) is 2.23. The van der Waals surface area contributed by atoms with Gasteiger partial charge in [0, 0.05) is 0 Å². The molecule has 0 bridgehead atoms. The van der Waals surface area contributed by atoms with Gasteiger partial charge in [0.25, 0.3) is 0 Å². The molecule has 8 heteroatoms. The average molecular weight is 262 g/mol. The lowest BCUT2D eigenvalue weighted by Gasteiger charge is -2.10. The van der Waals surface area contributed by atoms with Crippen molar-refractivity contribution in [2.24, 2.45) is 0 Å². The van der Waals surface area contributed by atoms with Crippen molar-refractivity contribution in [1.29, 1.82) is 0 Å². The van der Waals surface area contributed by atoms with Crippen LogP contribution in [0.2, 0.25) is 0 Å². The van der Waals surface area contributed by atoms with E-state index >= 15 is 0 Å². The van der Waals surface area contributed by atoms with Gasteiger partial charge in [-0.25, -0.2) is 9.59 Å². The Morgan fingerprint density at radius 3 is 2.50 bits per heavy atom. The van der Waals surface area contributed by atoms with E-state index in [9.17, 15) is 9.59 Å². The van der Waals surface area contributed by atoms with Crippen molar-refractivity contribution in [3.05, 3.63) is 0 Å². The Morgan fingerprint density at radius 2 is 1.89 bits per heavy atom. The van der Waals surface area contributed by atoms with Crippen LogP contribution in [0, 0.1) is 0 Å². The monoisotopic (exact) mass is 262 g/mol. The fourth-order valence-electron chi connectivity index (χ4n) is 1.42. The van der Waals surface area contributed by atoms with E-state index < -0.39 is 12.4 Å². The zero-order valence-electron chi connectivity index (χ0n) is 9.66. The Labute approximate surface area is 103 Å². The number of cyclic esters (lactones) is 3. The van der Waals surface area contributed by atoms with E-state index in [-0.39, 0.29) is 38.5 Å². The van der Waals surface area contributed by atoms with E-state index in [1.807, 2.05) is 0 Å². The first-order chi connectivity index (χ1) is 8.74. The molecule has 0 radical (unpaired) electrons. The first-order valence-corrected chi connectivity index (χ1v) is 5.54. The van der Waals surface area contributed by atoms with Gasteiger partial charge in [0.2, 0.25) is 6.29 Å². The third-order valence-electron chi connectivity index (χ3n) is 2.23. The molecule has 18 heavy (non-hydrogen) atoms. The zero-order chi connectivity index (χ0) is 12.8. The first-order valence-electron chi connectivity index (χ1n) is 5.54. The lowest BCUT2D eigenvalue weighted by atomic mass is 10.4. The minimum Gasteiger partial charge on any atom is -0.431 e. The molecule has 0 N–H and O–H groups in total. The molecule has 2 heterocycles. The van der Waals surface area contributed by atoms with Gasteiger partial charge in [-0.05, 0) is 0 Å². The van der Waals surface area contributed by atoms with Crippen molar-refractivity contribution in [2.45, 2.75) is 12.4 Å². The number of esters is 1. The molecule has 102 valence electrons. The van der Waals surface area contributed by atoms with Crippen molar-refractivity contribution in [3.8, 4) is 0 Å². The smallest absolute Gasteiger partial charge is 0.431 e. The quantitative estimate of drug-likeness (QED) is 0.446. The van der Waals surface area contributed by atoms with Crippen molar-refractivity contribution in [1.82, 2.24) is 0 Å². The Morgan fingerprint density at radius 1 is 1.11 bits per heavy atom. The van der Waals surface area contributed by atoms with Gasteiger partial charge in [-0.2, -0.15) is 0 Å². The summed E-state index contributed by atoms with van der Waals surface area (Å²) in [7, 11) is 0. The molecule has 0 aromatic rings. The largest absolute Gasteiger partial charge is 0.508 e. The Bertz CT molecular complexity index is 274. The molecule has 0 saturated carbocycles. The van der Waals surface area contributed by atoms with Gasteiger partial charge in [-0.3, -0.25) is 0 Å². The van der Waals surface area contributed by atoms with Gasteiger partial charge < -0.3 is 28.4 Å². The minimum absolute atomic E-state index is 0.0302. The minimum atomic E-state index is -0.667. The predicted octanol–water partition coefficient (Wildman–Crippen LogP) is -0.545. The van der Waals surface area contributed by atoms with Crippen LogP contribution in [0.3, 0.4) is 0 Å². The maximum atomic E-state index is 10.7. The third kappa shape index (κ3) is 4.13. The summed E-state index contributed by atoms with van der Waals surface area (Å²) in [5.74, 6) is -0.386. The van der Waals surface area contributed by atoms with Crippen LogP contribution >= 0.6 is 0 Å². The normalized spacial score (nSPS) is 26.9. The number of carbonyl (C=O) groups excluding carboxylic acids is 2. The summed E-state index contributed by atoms with van der Waals surface area (Å²) in [6, 6.07) is 0. The number of rotatable bonds is 7. The number of hydrogen-bond acceptors (Lipinski definition) is 8. The molecule has 0 spiro atoms. The van der Waals surface area contributed by atoms with E-state index in [4.69, 9.17) is 23.7 Å². The summed E-state index contributed by atoms with van der Waals surface area (Å²) in [4.78, 5) is 21.3. The zero-order valence-corrected chi connectivity index (χ0v) is 9.66. The summed E-state index contributed by atoms with van der Waals surface area (Å²) >= 11 is 0. The fourth-order valence-corrected chi connectivity index (χ4v) is 1.42. The van der Waals surface area contributed by atoms with E-state index in [0.29, 0.717) is 13.2 Å². The number of hydrogen-bond donors (Lipinski definition) is 0. The van der Waals surface area contributed by atoms with E-state index in [1.165, 1.54) is 0 Å². The molecule has 2 saturated heterocycles. The second kappa shape index (κ2) is 6.53. The van der Waals surface area contributed by atoms with Crippen molar-refractivity contribution < 1.29 is 38.0 Å². The highest BCUT2D eigenvalue weighted by molar-refractivity contribution is 5.72. The van der Waals surface area contributed by atoms with E-state index in [1.54, 1.807) is 0 Å². The summed E-state index contributed by atoms with van der Waals surface area (Å²) in [6.45, 7) is 1.30. The van der Waals surface area contributed by atoms with Crippen molar-refractivity contribution in [3.63, 3.8) is 0 Å². The van der Waals surface area contributed by atoms with Gasteiger partial charge in [0.15, 0.2) is 6.10 Å². The van der Waals surface area contributed by atoms with Gasteiger partial charge in [-0.15, -0.1) is 0 Å².